The van der Waals surface area contributed by atoms with Gasteiger partial charge in [-0.1, -0.05) is 25.6 Å². The number of likely N-dealkylation sites (tertiary alicyclic amines) is 1. The SMILES string of the molecule is CC(C)(C)OC(=O)N1CC2(CC2)C[C@H]1C(=O)Nc1ccc(C#C[Si](C)(C)C)cc1N. The first-order valence-electron chi connectivity index (χ1n) is 10.5. The average Bonchev–Trinajstić information content (AvgIpc) is 3.23. The van der Waals surface area contributed by atoms with Crippen molar-refractivity contribution in [2.45, 2.75) is 71.3 Å². The normalized spacial score (nSPS) is 19.8. The quantitative estimate of drug-likeness (QED) is 0.420. The van der Waals surface area contributed by atoms with Crippen molar-refractivity contribution >= 4 is 31.4 Å². The van der Waals surface area contributed by atoms with Gasteiger partial charge in [0.2, 0.25) is 5.91 Å². The zero-order valence-electron chi connectivity index (χ0n) is 18.9. The summed E-state index contributed by atoms with van der Waals surface area (Å²) in [4.78, 5) is 27.3. The van der Waals surface area contributed by atoms with Gasteiger partial charge >= 0.3 is 6.09 Å². The van der Waals surface area contributed by atoms with E-state index < -0.39 is 25.8 Å². The minimum atomic E-state index is -1.48. The number of nitrogens with two attached hydrogens (primary N) is 1. The van der Waals surface area contributed by atoms with Crippen LogP contribution >= 0.6 is 0 Å². The summed E-state index contributed by atoms with van der Waals surface area (Å²) in [6.45, 7) is 12.6. The molecular formula is C23H33N3O3Si. The second-order valence-electron chi connectivity index (χ2n) is 10.6. The lowest BCUT2D eigenvalue weighted by atomic mass is 10.0. The topological polar surface area (TPSA) is 84.7 Å². The number of carbonyl (C=O) groups excluding carboxylic acids is 2. The van der Waals surface area contributed by atoms with Crippen LogP contribution in [0.4, 0.5) is 16.2 Å². The van der Waals surface area contributed by atoms with E-state index in [2.05, 4.69) is 36.4 Å². The summed E-state index contributed by atoms with van der Waals surface area (Å²) in [5.41, 5.74) is 10.8. The van der Waals surface area contributed by atoms with E-state index in [-0.39, 0.29) is 11.3 Å². The van der Waals surface area contributed by atoms with E-state index in [9.17, 15) is 9.59 Å². The van der Waals surface area contributed by atoms with Crippen LogP contribution in [-0.4, -0.2) is 43.2 Å². The van der Waals surface area contributed by atoms with Crippen LogP contribution < -0.4 is 11.1 Å². The van der Waals surface area contributed by atoms with E-state index in [1.54, 1.807) is 17.0 Å². The first-order chi connectivity index (χ1) is 13.8. The monoisotopic (exact) mass is 427 g/mol. The van der Waals surface area contributed by atoms with Crippen molar-refractivity contribution in [3.8, 4) is 11.5 Å². The predicted octanol–water partition coefficient (Wildman–Crippen LogP) is 4.23. The third-order valence-electron chi connectivity index (χ3n) is 5.29. The number of carbonyl (C=O) groups is 2. The fourth-order valence-electron chi connectivity index (χ4n) is 3.57. The Hall–Kier alpha value is -2.46. The van der Waals surface area contributed by atoms with Crippen LogP contribution in [0.25, 0.3) is 0 Å². The minimum Gasteiger partial charge on any atom is -0.444 e. The first-order valence-corrected chi connectivity index (χ1v) is 14.0. The van der Waals surface area contributed by atoms with Gasteiger partial charge in [-0.05, 0) is 63.6 Å². The molecule has 3 rings (SSSR count). The zero-order valence-corrected chi connectivity index (χ0v) is 19.9. The molecule has 162 valence electrons. The molecule has 1 aromatic rings. The summed E-state index contributed by atoms with van der Waals surface area (Å²) in [5.74, 6) is 2.95. The van der Waals surface area contributed by atoms with Crippen LogP contribution in [0.1, 0.15) is 45.6 Å². The third-order valence-corrected chi connectivity index (χ3v) is 6.16. The van der Waals surface area contributed by atoms with Crippen LogP contribution in [0.3, 0.4) is 0 Å². The maximum Gasteiger partial charge on any atom is 0.410 e. The molecular weight excluding hydrogens is 394 g/mol. The number of nitrogens with one attached hydrogen (secondary N) is 1. The summed E-state index contributed by atoms with van der Waals surface area (Å²) in [5, 5.41) is 2.91. The number of nitrogen functional groups attached to an aromatic ring is 1. The molecule has 1 heterocycles. The van der Waals surface area contributed by atoms with Gasteiger partial charge in [0, 0.05) is 12.1 Å². The molecule has 1 saturated heterocycles. The molecule has 2 fully saturated rings. The minimum absolute atomic E-state index is 0.0702. The van der Waals surface area contributed by atoms with E-state index in [1.165, 1.54) is 0 Å². The van der Waals surface area contributed by atoms with Gasteiger partial charge < -0.3 is 15.8 Å². The molecule has 1 aliphatic carbocycles. The van der Waals surface area contributed by atoms with Gasteiger partial charge in [0.15, 0.2) is 0 Å². The van der Waals surface area contributed by atoms with Crippen LogP contribution in [0, 0.1) is 16.9 Å². The number of ether oxygens (including phenoxy) is 1. The lowest BCUT2D eigenvalue weighted by Crippen LogP contribution is -2.45. The number of anilines is 2. The maximum atomic E-state index is 13.1. The molecule has 1 saturated carbocycles. The first kappa shape index (κ1) is 22.2. The molecule has 0 unspecified atom stereocenters. The van der Waals surface area contributed by atoms with Gasteiger partial charge in [-0.15, -0.1) is 5.54 Å². The van der Waals surface area contributed by atoms with Crippen molar-refractivity contribution < 1.29 is 14.3 Å². The van der Waals surface area contributed by atoms with Crippen molar-refractivity contribution in [2.75, 3.05) is 17.6 Å². The van der Waals surface area contributed by atoms with Crippen molar-refractivity contribution in [2.24, 2.45) is 5.41 Å². The van der Waals surface area contributed by atoms with Crippen LogP contribution in [0.15, 0.2) is 18.2 Å². The standard InChI is InChI=1S/C23H33N3O3Si/c1-22(2,3)29-21(28)26-15-23(10-11-23)14-19(26)20(27)25-18-8-7-16(13-17(18)24)9-12-30(4,5)6/h7-8,13,19H,10-11,14-15,24H2,1-6H3,(H,25,27)/t19-/m0/s1. The van der Waals surface area contributed by atoms with E-state index >= 15 is 0 Å². The summed E-state index contributed by atoms with van der Waals surface area (Å²) >= 11 is 0. The van der Waals surface area contributed by atoms with E-state index in [1.807, 2.05) is 26.8 Å². The Morgan fingerprint density at radius 2 is 1.93 bits per heavy atom. The molecule has 1 aliphatic heterocycles. The largest absolute Gasteiger partial charge is 0.444 e. The number of nitrogens with zero attached hydrogens (tertiary/aromatic N) is 1. The highest BCUT2D eigenvalue weighted by molar-refractivity contribution is 6.83. The zero-order chi connectivity index (χ0) is 22.3. The van der Waals surface area contributed by atoms with Crippen LogP contribution in [0.5, 0.6) is 0 Å². The molecule has 6 nitrogen and oxygen atoms in total. The van der Waals surface area contributed by atoms with Crippen LogP contribution in [0.2, 0.25) is 19.6 Å². The summed E-state index contributed by atoms with van der Waals surface area (Å²) in [6.07, 6.45) is 2.32. The number of hydrogen-bond donors (Lipinski definition) is 2. The highest BCUT2D eigenvalue weighted by Gasteiger charge is 2.56. The maximum absolute atomic E-state index is 13.1. The van der Waals surface area contributed by atoms with E-state index in [0.29, 0.717) is 24.3 Å². The molecule has 30 heavy (non-hydrogen) atoms. The molecule has 0 aromatic heterocycles. The number of hydrogen-bond acceptors (Lipinski definition) is 4. The highest BCUT2D eigenvalue weighted by atomic mass is 28.3. The fourth-order valence-corrected chi connectivity index (χ4v) is 4.09. The fraction of sp³-hybridized carbons (Fsp3) is 0.565. The molecule has 3 N–H and O–H groups in total. The predicted molar refractivity (Wildman–Crippen MR) is 123 cm³/mol. The Bertz CT molecular complexity index is 914. The molecule has 1 aromatic carbocycles. The molecule has 7 heteroatoms. The van der Waals surface area contributed by atoms with Crippen LogP contribution in [-0.2, 0) is 9.53 Å². The second-order valence-corrected chi connectivity index (χ2v) is 15.4. The van der Waals surface area contributed by atoms with Crippen molar-refractivity contribution in [1.29, 1.82) is 0 Å². The Kier molecular flexibility index (Phi) is 5.67. The van der Waals surface area contributed by atoms with Crippen molar-refractivity contribution in [1.82, 2.24) is 4.90 Å². The summed E-state index contributed by atoms with van der Waals surface area (Å²) < 4.78 is 5.54. The van der Waals surface area contributed by atoms with Crippen molar-refractivity contribution in [3.05, 3.63) is 23.8 Å². The second kappa shape index (κ2) is 7.66. The number of amides is 2. The van der Waals surface area contributed by atoms with Gasteiger partial charge in [-0.25, -0.2) is 4.79 Å². The van der Waals surface area contributed by atoms with E-state index in [0.717, 1.165) is 18.4 Å². The Labute approximate surface area is 180 Å². The number of rotatable bonds is 2. The summed E-state index contributed by atoms with van der Waals surface area (Å²) in [7, 11) is -1.48. The number of benzene rings is 1. The van der Waals surface area contributed by atoms with E-state index in [4.69, 9.17) is 10.5 Å². The lowest BCUT2D eigenvalue weighted by molar-refractivity contribution is -0.120. The van der Waals surface area contributed by atoms with Gasteiger partial charge in [0.25, 0.3) is 0 Å². The Balaban J connectivity index is 1.73. The van der Waals surface area contributed by atoms with Gasteiger partial charge in [-0.3, -0.25) is 9.69 Å². The molecule has 2 amide bonds. The molecule has 2 aliphatic rings. The molecule has 1 atom stereocenters. The van der Waals surface area contributed by atoms with Crippen molar-refractivity contribution in [3.63, 3.8) is 0 Å². The third kappa shape index (κ3) is 5.57. The van der Waals surface area contributed by atoms with Gasteiger partial charge in [0.05, 0.1) is 11.4 Å². The molecule has 0 bridgehead atoms. The molecule has 0 radical (unpaired) electrons. The summed E-state index contributed by atoms with van der Waals surface area (Å²) in [6, 6.07) is 4.88. The lowest BCUT2D eigenvalue weighted by Gasteiger charge is -2.28. The Morgan fingerprint density at radius 1 is 1.27 bits per heavy atom. The van der Waals surface area contributed by atoms with Gasteiger partial charge in [0.1, 0.15) is 19.7 Å². The smallest absolute Gasteiger partial charge is 0.410 e. The molecule has 1 spiro atoms. The highest BCUT2D eigenvalue weighted by Crippen LogP contribution is 2.55. The Morgan fingerprint density at radius 3 is 2.47 bits per heavy atom. The average molecular weight is 428 g/mol. The van der Waals surface area contributed by atoms with Gasteiger partial charge in [-0.2, -0.15) is 0 Å².